The van der Waals surface area contributed by atoms with E-state index < -0.39 is 0 Å². The highest BCUT2D eigenvalue weighted by atomic mass is 16.3. The first-order valence-electron chi connectivity index (χ1n) is 7.24. The van der Waals surface area contributed by atoms with Crippen molar-refractivity contribution in [2.45, 2.75) is 39.2 Å². The van der Waals surface area contributed by atoms with Crippen molar-refractivity contribution in [2.75, 3.05) is 35.6 Å². The Bertz CT molecular complexity index is 435. The Morgan fingerprint density at radius 1 is 1.20 bits per heavy atom. The van der Waals surface area contributed by atoms with Crippen LogP contribution in [0.2, 0.25) is 0 Å². The molecule has 1 aromatic heterocycles. The molecule has 2 heterocycles. The Hall–Kier alpha value is -1.63. The molecule has 1 aliphatic heterocycles. The lowest BCUT2D eigenvalue weighted by Crippen LogP contribution is -2.32. The van der Waals surface area contributed by atoms with Gasteiger partial charge in [0, 0.05) is 25.7 Å². The van der Waals surface area contributed by atoms with E-state index in [0.717, 1.165) is 25.9 Å². The van der Waals surface area contributed by atoms with Gasteiger partial charge in [0.15, 0.2) is 0 Å². The number of nitrogen functional groups attached to an aromatic ring is 1. The van der Waals surface area contributed by atoms with Crippen LogP contribution in [-0.2, 0) is 0 Å². The molecule has 20 heavy (non-hydrogen) atoms. The number of aliphatic hydroxyl groups excluding tert-OH is 1. The molecule has 7 nitrogen and oxygen atoms in total. The van der Waals surface area contributed by atoms with Crippen LogP contribution in [0.5, 0.6) is 0 Å². The third-order valence-corrected chi connectivity index (χ3v) is 3.78. The molecule has 0 aliphatic carbocycles. The standard InChI is InChI=1S/C13H24N6O/c1-9(8-20)10(2)15-12-16-11(14)17-13(18-12)19-6-4-3-5-7-19/h9-10,20H,3-8H2,1-2H3,(H3,14,15,16,17,18). The Morgan fingerprint density at radius 3 is 2.55 bits per heavy atom. The zero-order chi connectivity index (χ0) is 14.5. The lowest BCUT2D eigenvalue weighted by atomic mass is 10.1. The summed E-state index contributed by atoms with van der Waals surface area (Å²) in [6.07, 6.45) is 3.58. The van der Waals surface area contributed by atoms with Crippen LogP contribution in [0.3, 0.4) is 0 Å². The molecule has 0 saturated carbocycles. The molecular weight excluding hydrogens is 256 g/mol. The van der Waals surface area contributed by atoms with Crippen molar-refractivity contribution in [1.29, 1.82) is 0 Å². The maximum Gasteiger partial charge on any atom is 0.231 e. The predicted molar refractivity (Wildman–Crippen MR) is 79.6 cm³/mol. The summed E-state index contributed by atoms with van der Waals surface area (Å²) in [5, 5.41) is 12.4. The molecule has 2 unspecified atom stereocenters. The Morgan fingerprint density at radius 2 is 1.90 bits per heavy atom. The molecule has 2 rings (SSSR count). The first kappa shape index (κ1) is 14.8. The molecule has 112 valence electrons. The van der Waals surface area contributed by atoms with E-state index in [1.165, 1.54) is 6.42 Å². The zero-order valence-corrected chi connectivity index (χ0v) is 12.2. The second kappa shape index (κ2) is 6.69. The van der Waals surface area contributed by atoms with E-state index in [4.69, 9.17) is 5.73 Å². The monoisotopic (exact) mass is 280 g/mol. The van der Waals surface area contributed by atoms with Gasteiger partial charge in [0.25, 0.3) is 0 Å². The van der Waals surface area contributed by atoms with Gasteiger partial charge in [0.1, 0.15) is 0 Å². The summed E-state index contributed by atoms with van der Waals surface area (Å²) in [6, 6.07) is 0.0657. The van der Waals surface area contributed by atoms with Gasteiger partial charge in [-0.25, -0.2) is 0 Å². The molecule has 0 aromatic carbocycles. The molecule has 1 fully saturated rings. The fraction of sp³-hybridized carbons (Fsp3) is 0.769. The highest BCUT2D eigenvalue weighted by Gasteiger charge is 2.17. The number of hydrogen-bond donors (Lipinski definition) is 3. The summed E-state index contributed by atoms with van der Waals surface area (Å²) in [4.78, 5) is 14.9. The van der Waals surface area contributed by atoms with Crippen molar-refractivity contribution in [3.05, 3.63) is 0 Å². The number of nitrogens with zero attached hydrogens (tertiary/aromatic N) is 4. The van der Waals surface area contributed by atoms with Crippen molar-refractivity contribution < 1.29 is 5.11 Å². The smallest absolute Gasteiger partial charge is 0.231 e. The Kier molecular flexibility index (Phi) is 4.94. The SMILES string of the molecule is CC(CO)C(C)Nc1nc(N)nc(N2CCCCC2)n1. The minimum atomic E-state index is 0.0657. The molecule has 1 aromatic rings. The minimum Gasteiger partial charge on any atom is -0.396 e. The Labute approximate surface area is 119 Å². The van der Waals surface area contributed by atoms with Gasteiger partial charge in [-0.1, -0.05) is 6.92 Å². The van der Waals surface area contributed by atoms with Crippen molar-refractivity contribution in [3.8, 4) is 0 Å². The lowest BCUT2D eigenvalue weighted by molar-refractivity contribution is 0.226. The maximum atomic E-state index is 9.17. The van der Waals surface area contributed by atoms with Gasteiger partial charge in [-0.15, -0.1) is 0 Å². The van der Waals surface area contributed by atoms with E-state index in [-0.39, 0.29) is 24.5 Å². The van der Waals surface area contributed by atoms with Gasteiger partial charge < -0.3 is 21.1 Å². The fourth-order valence-electron chi connectivity index (χ4n) is 2.18. The minimum absolute atomic E-state index is 0.0657. The number of anilines is 3. The number of rotatable bonds is 5. The van der Waals surface area contributed by atoms with Gasteiger partial charge >= 0.3 is 0 Å². The van der Waals surface area contributed by atoms with Gasteiger partial charge in [0.05, 0.1) is 0 Å². The topological polar surface area (TPSA) is 100 Å². The third kappa shape index (κ3) is 3.69. The summed E-state index contributed by atoms with van der Waals surface area (Å²) in [6.45, 7) is 6.00. The van der Waals surface area contributed by atoms with E-state index in [1.54, 1.807) is 0 Å². The molecule has 0 spiro atoms. The quantitative estimate of drug-likeness (QED) is 0.736. The number of nitrogens with one attached hydrogen (secondary N) is 1. The highest BCUT2D eigenvalue weighted by Crippen LogP contribution is 2.18. The van der Waals surface area contributed by atoms with Crippen molar-refractivity contribution in [3.63, 3.8) is 0 Å². The normalized spacial score (nSPS) is 18.6. The zero-order valence-electron chi connectivity index (χ0n) is 12.2. The van der Waals surface area contributed by atoms with E-state index in [9.17, 15) is 5.11 Å². The van der Waals surface area contributed by atoms with E-state index in [2.05, 4.69) is 25.2 Å². The Balaban J connectivity index is 2.11. The highest BCUT2D eigenvalue weighted by molar-refractivity contribution is 5.42. The summed E-state index contributed by atoms with van der Waals surface area (Å²) in [5.41, 5.74) is 5.77. The second-order valence-electron chi connectivity index (χ2n) is 5.46. The summed E-state index contributed by atoms with van der Waals surface area (Å²) in [5.74, 6) is 1.47. The average Bonchev–Trinajstić information content (AvgIpc) is 2.46. The van der Waals surface area contributed by atoms with Crippen LogP contribution in [-0.4, -0.2) is 45.8 Å². The number of nitrogens with two attached hydrogens (primary N) is 1. The van der Waals surface area contributed by atoms with Gasteiger partial charge in [-0.2, -0.15) is 15.0 Å². The molecule has 0 bridgehead atoms. The number of aromatic nitrogens is 3. The van der Waals surface area contributed by atoms with Crippen molar-refractivity contribution in [1.82, 2.24) is 15.0 Å². The first-order valence-corrected chi connectivity index (χ1v) is 7.24. The largest absolute Gasteiger partial charge is 0.396 e. The first-order chi connectivity index (χ1) is 9.60. The van der Waals surface area contributed by atoms with Crippen LogP contribution in [0, 0.1) is 5.92 Å². The van der Waals surface area contributed by atoms with E-state index in [1.807, 2.05) is 13.8 Å². The third-order valence-electron chi connectivity index (χ3n) is 3.78. The molecule has 0 radical (unpaired) electrons. The van der Waals surface area contributed by atoms with Crippen LogP contribution >= 0.6 is 0 Å². The fourth-order valence-corrected chi connectivity index (χ4v) is 2.18. The molecule has 2 atom stereocenters. The average molecular weight is 280 g/mol. The molecular formula is C13H24N6O. The number of piperidine rings is 1. The summed E-state index contributed by atoms with van der Waals surface area (Å²) in [7, 11) is 0. The van der Waals surface area contributed by atoms with Crippen LogP contribution in [0.25, 0.3) is 0 Å². The number of aliphatic hydroxyl groups is 1. The number of hydrogen-bond acceptors (Lipinski definition) is 7. The summed E-state index contributed by atoms with van der Waals surface area (Å²) >= 11 is 0. The predicted octanol–water partition coefficient (Wildman–Crippen LogP) is 0.873. The van der Waals surface area contributed by atoms with Gasteiger partial charge in [-0.3, -0.25) is 0 Å². The van der Waals surface area contributed by atoms with Crippen LogP contribution in [0.4, 0.5) is 17.8 Å². The van der Waals surface area contributed by atoms with Gasteiger partial charge in [-0.05, 0) is 32.1 Å². The van der Waals surface area contributed by atoms with Gasteiger partial charge in [0.2, 0.25) is 17.8 Å². The van der Waals surface area contributed by atoms with Crippen LogP contribution in [0.1, 0.15) is 33.1 Å². The molecule has 0 amide bonds. The van der Waals surface area contributed by atoms with Crippen molar-refractivity contribution in [2.24, 2.45) is 5.92 Å². The summed E-state index contributed by atoms with van der Waals surface area (Å²) < 4.78 is 0. The molecule has 7 heteroatoms. The van der Waals surface area contributed by atoms with Crippen molar-refractivity contribution >= 4 is 17.8 Å². The van der Waals surface area contributed by atoms with E-state index >= 15 is 0 Å². The molecule has 1 aliphatic rings. The molecule has 1 saturated heterocycles. The lowest BCUT2D eigenvalue weighted by Gasteiger charge is -2.27. The van der Waals surface area contributed by atoms with Crippen LogP contribution in [0.15, 0.2) is 0 Å². The molecule has 4 N–H and O–H groups in total. The maximum absolute atomic E-state index is 9.17. The van der Waals surface area contributed by atoms with Crippen LogP contribution < -0.4 is 16.0 Å². The second-order valence-corrected chi connectivity index (χ2v) is 5.46. The van der Waals surface area contributed by atoms with E-state index in [0.29, 0.717) is 11.9 Å².